The van der Waals surface area contributed by atoms with Crippen molar-refractivity contribution in [3.63, 3.8) is 0 Å². The van der Waals surface area contributed by atoms with Gasteiger partial charge in [-0.15, -0.1) is 0 Å². The quantitative estimate of drug-likeness (QED) is 0.623. The maximum atomic E-state index is 13.7. The Morgan fingerprint density at radius 3 is 2.53 bits per heavy atom. The van der Waals surface area contributed by atoms with Crippen molar-refractivity contribution in [3.05, 3.63) is 33.7 Å². The molecule has 1 aromatic rings. The Labute approximate surface area is 191 Å². The third-order valence-corrected chi connectivity index (χ3v) is 6.79. The Morgan fingerprint density at radius 2 is 1.88 bits per heavy atom. The van der Waals surface area contributed by atoms with Crippen LogP contribution in [0.1, 0.15) is 81.0 Å². The molecule has 2 bridgehead atoms. The normalized spacial score (nSPS) is 24.1. The molecule has 2 atom stereocenters. The summed E-state index contributed by atoms with van der Waals surface area (Å²) in [4.78, 5) is 41.6. The van der Waals surface area contributed by atoms with E-state index in [-0.39, 0.29) is 33.9 Å². The van der Waals surface area contributed by atoms with E-state index in [1.165, 1.54) is 0 Å². The van der Waals surface area contributed by atoms with Crippen molar-refractivity contribution in [2.75, 3.05) is 26.8 Å². The second-order valence-corrected chi connectivity index (χ2v) is 11.2. The van der Waals surface area contributed by atoms with Crippen molar-refractivity contribution in [2.24, 2.45) is 16.7 Å². The zero-order chi connectivity index (χ0) is 23.7. The number of hydrogen-bond acceptors (Lipinski definition) is 4. The molecule has 178 valence electrons. The van der Waals surface area contributed by atoms with Crippen molar-refractivity contribution < 1.29 is 14.3 Å². The van der Waals surface area contributed by atoms with Gasteiger partial charge in [0.1, 0.15) is 11.1 Å². The van der Waals surface area contributed by atoms with Gasteiger partial charge >= 0.3 is 0 Å². The first kappa shape index (κ1) is 24.5. The average Bonchev–Trinajstić information content (AvgIpc) is 2.95. The summed E-state index contributed by atoms with van der Waals surface area (Å²) in [6.45, 7) is 13.0. The predicted octanol–water partition coefficient (Wildman–Crippen LogP) is 3.31. The van der Waals surface area contributed by atoms with E-state index in [1.54, 1.807) is 19.5 Å². The second-order valence-electron chi connectivity index (χ2n) is 11.2. The van der Waals surface area contributed by atoms with E-state index in [0.717, 1.165) is 25.7 Å². The van der Waals surface area contributed by atoms with Gasteiger partial charge in [0.25, 0.3) is 11.8 Å². The first-order valence-electron chi connectivity index (χ1n) is 11.8. The molecule has 0 radical (unpaired) electrons. The van der Waals surface area contributed by atoms with Gasteiger partial charge in [-0.3, -0.25) is 14.4 Å². The minimum absolute atomic E-state index is 0.0180. The van der Waals surface area contributed by atoms with Crippen LogP contribution in [0.25, 0.3) is 0 Å². The van der Waals surface area contributed by atoms with Gasteiger partial charge in [-0.1, -0.05) is 34.6 Å². The summed E-state index contributed by atoms with van der Waals surface area (Å²) in [6.07, 6.45) is 7.10. The molecule has 7 nitrogen and oxygen atoms in total. The molecule has 1 N–H and O–H groups in total. The minimum atomic E-state index is -0.489. The minimum Gasteiger partial charge on any atom is -0.383 e. The third kappa shape index (κ3) is 5.42. The van der Waals surface area contributed by atoms with Gasteiger partial charge < -0.3 is 19.5 Å². The molecule has 1 aromatic heterocycles. The van der Waals surface area contributed by atoms with E-state index in [4.69, 9.17) is 4.74 Å². The number of aryl methyl sites for hydroxylation is 1. The van der Waals surface area contributed by atoms with Gasteiger partial charge in [0.05, 0.1) is 6.61 Å². The monoisotopic (exact) mass is 445 g/mol. The van der Waals surface area contributed by atoms with Crippen molar-refractivity contribution in [3.8, 4) is 0 Å². The number of amides is 2. The van der Waals surface area contributed by atoms with Crippen LogP contribution in [0.3, 0.4) is 0 Å². The lowest BCUT2D eigenvalue weighted by Crippen LogP contribution is -2.41. The lowest BCUT2D eigenvalue weighted by molar-refractivity contribution is 0.0706. The van der Waals surface area contributed by atoms with E-state index >= 15 is 0 Å². The number of nitrogens with one attached hydrogen (secondary N) is 1. The summed E-state index contributed by atoms with van der Waals surface area (Å²) in [5.74, 6) is -0.243. The zero-order valence-electron chi connectivity index (χ0n) is 20.5. The molecule has 7 heteroatoms. The number of carbonyl (C=O) groups is 2. The lowest BCUT2D eigenvalue weighted by atomic mass is 9.65. The van der Waals surface area contributed by atoms with Crippen LogP contribution in [0.15, 0.2) is 17.2 Å². The van der Waals surface area contributed by atoms with Crippen LogP contribution < -0.4 is 10.7 Å². The Balaban J connectivity index is 1.94. The molecule has 2 amide bonds. The second kappa shape index (κ2) is 9.38. The molecule has 1 aliphatic heterocycles. The van der Waals surface area contributed by atoms with Gasteiger partial charge in [-0.2, -0.15) is 0 Å². The molecule has 2 unspecified atom stereocenters. The third-order valence-electron chi connectivity index (χ3n) is 6.79. The first-order valence-corrected chi connectivity index (χ1v) is 11.8. The maximum absolute atomic E-state index is 13.7. The van der Waals surface area contributed by atoms with Crippen LogP contribution in [0.5, 0.6) is 0 Å². The number of carbonyl (C=O) groups excluding carboxylic acids is 2. The topological polar surface area (TPSA) is 80.6 Å². The van der Waals surface area contributed by atoms with Crippen molar-refractivity contribution in [1.82, 2.24) is 14.8 Å². The van der Waals surface area contributed by atoms with Gasteiger partial charge in [-0.05, 0) is 42.4 Å². The predicted molar refractivity (Wildman–Crippen MR) is 125 cm³/mol. The number of fused-ring (bicyclic) bond motifs is 2. The molecule has 0 spiro atoms. The van der Waals surface area contributed by atoms with Gasteiger partial charge in [-0.25, -0.2) is 0 Å². The number of likely N-dealkylation sites (tertiary alicyclic amines) is 1. The smallest absolute Gasteiger partial charge is 0.259 e. The fraction of sp³-hybridized carbons (Fsp3) is 0.720. The molecule has 2 heterocycles. The molecule has 1 saturated heterocycles. The summed E-state index contributed by atoms with van der Waals surface area (Å²) >= 11 is 0. The van der Waals surface area contributed by atoms with E-state index in [9.17, 15) is 14.4 Å². The molecule has 1 saturated carbocycles. The summed E-state index contributed by atoms with van der Waals surface area (Å²) < 4.78 is 6.81. The standard InChI is InChI=1S/C25H39N3O4/c1-17(2)7-9-27-13-19(22(30)26-8-10-32-6)21(29)20(14-27)23(31)28-16-25(5)12-18(28)11-24(3,4)15-25/h13-14,17-18H,7-12,15-16H2,1-6H3,(H,26,30). The van der Waals surface area contributed by atoms with E-state index in [0.29, 0.717) is 32.2 Å². The fourth-order valence-corrected chi connectivity index (χ4v) is 5.70. The van der Waals surface area contributed by atoms with Crippen LogP contribution in [-0.2, 0) is 11.3 Å². The lowest BCUT2D eigenvalue weighted by Gasteiger charge is -2.39. The van der Waals surface area contributed by atoms with E-state index < -0.39 is 11.3 Å². The summed E-state index contributed by atoms with van der Waals surface area (Å²) in [5, 5.41) is 2.72. The first-order chi connectivity index (χ1) is 14.9. The van der Waals surface area contributed by atoms with Crippen LogP contribution >= 0.6 is 0 Å². The Bertz CT molecular complexity index is 920. The Hall–Kier alpha value is -2.15. The summed E-state index contributed by atoms with van der Waals surface area (Å²) in [7, 11) is 1.55. The average molecular weight is 446 g/mol. The molecule has 1 aliphatic carbocycles. The number of methoxy groups -OCH3 is 1. The Kier molecular flexibility index (Phi) is 7.18. The van der Waals surface area contributed by atoms with E-state index in [1.807, 2.05) is 9.47 Å². The van der Waals surface area contributed by atoms with Crippen LogP contribution in [0.4, 0.5) is 0 Å². The highest BCUT2D eigenvalue weighted by atomic mass is 16.5. The molecule has 2 aliphatic rings. The van der Waals surface area contributed by atoms with Gasteiger partial charge in [0.2, 0.25) is 5.43 Å². The van der Waals surface area contributed by atoms with Crippen LogP contribution in [0.2, 0.25) is 0 Å². The number of ether oxygens (including phenoxy) is 1. The number of rotatable bonds is 8. The van der Waals surface area contributed by atoms with E-state index in [2.05, 4.69) is 39.9 Å². The van der Waals surface area contributed by atoms with Crippen LogP contribution in [-0.4, -0.2) is 54.1 Å². The largest absolute Gasteiger partial charge is 0.383 e. The molecule has 32 heavy (non-hydrogen) atoms. The summed E-state index contributed by atoms with van der Waals surface area (Å²) in [5.41, 5.74) is -0.121. The maximum Gasteiger partial charge on any atom is 0.259 e. The number of hydrogen-bond donors (Lipinski definition) is 1. The van der Waals surface area contributed by atoms with Crippen molar-refractivity contribution >= 4 is 11.8 Å². The number of nitrogens with zero attached hydrogens (tertiary/aromatic N) is 2. The molecular weight excluding hydrogens is 406 g/mol. The highest BCUT2D eigenvalue weighted by Crippen LogP contribution is 2.52. The highest BCUT2D eigenvalue weighted by Gasteiger charge is 2.51. The molecule has 0 aromatic carbocycles. The van der Waals surface area contributed by atoms with Crippen molar-refractivity contribution in [1.29, 1.82) is 0 Å². The molecular formula is C25H39N3O4. The summed E-state index contributed by atoms with van der Waals surface area (Å²) in [6, 6.07) is 0.138. The van der Waals surface area contributed by atoms with Gasteiger partial charge in [0.15, 0.2) is 0 Å². The van der Waals surface area contributed by atoms with Crippen molar-refractivity contribution in [2.45, 2.75) is 72.9 Å². The SMILES string of the molecule is COCCNC(=O)c1cn(CCC(C)C)cc(C(=O)N2CC3(C)CC2CC(C)(C)C3)c1=O. The number of pyridine rings is 1. The van der Waals surface area contributed by atoms with Gasteiger partial charge in [0, 0.05) is 45.2 Å². The zero-order valence-corrected chi connectivity index (χ0v) is 20.5. The molecule has 3 rings (SSSR count). The number of aromatic nitrogens is 1. The highest BCUT2D eigenvalue weighted by molar-refractivity contribution is 5.99. The fourth-order valence-electron chi connectivity index (χ4n) is 5.70. The van der Waals surface area contributed by atoms with Crippen LogP contribution in [0, 0.1) is 16.7 Å². The molecule has 2 fully saturated rings. The Morgan fingerprint density at radius 1 is 1.19 bits per heavy atom.